The third-order valence-electron chi connectivity index (χ3n) is 3.22. The average molecular weight is 313 g/mol. The van der Waals surface area contributed by atoms with Crippen molar-refractivity contribution in [2.45, 2.75) is 6.54 Å². The van der Waals surface area contributed by atoms with Crippen molar-refractivity contribution in [1.82, 2.24) is 20.5 Å². The lowest BCUT2D eigenvalue weighted by Gasteiger charge is -2.06. The van der Waals surface area contributed by atoms with Crippen molar-refractivity contribution in [3.8, 4) is 11.3 Å². The number of carbonyl (C=O) groups is 1. The van der Waals surface area contributed by atoms with Crippen LogP contribution in [0.4, 0.5) is 0 Å². The Hall–Kier alpha value is -2.66. The monoisotopic (exact) mass is 312 g/mol. The van der Waals surface area contributed by atoms with Gasteiger partial charge in [-0.25, -0.2) is 0 Å². The smallest absolute Gasteiger partial charge is 0.255 e. The first-order valence-electron chi connectivity index (χ1n) is 6.70. The van der Waals surface area contributed by atoms with Crippen LogP contribution >= 0.6 is 11.6 Å². The number of H-pyrrole nitrogens is 1. The summed E-state index contributed by atoms with van der Waals surface area (Å²) in [6.07, 6.45) is 4.91. The van der Waals surface area contributed by atoms with E-state index in [9.17, 15) is 4.79 Å². The topological polar surface area (TPSA) is 70.7 Å². The number of aromatic nitrogens is 3. The zero-order valence-corrected chi connectivity index (χ0v) is 12.3. The van der Waals surface area contributed by atoms with Gasteiger partial charge in [-0.1, -0.05) is 23.7 Å². The van der Waals surface area contributed by atoms with Gasteiger partial charge in [0.15, 0.2) is 0 Å². The maximum absolute atomic E-state index is 12.3. The van der Waals surface area contributed by atoms with E-state index >= 15 is 0 Å². The number of aromatic amines is 1. The van der Waals surface area contributed by atoms with E-state index in [1.165, 1.54) is 6.20 Å². The number of nitrogens with zero attached hydrogens (tertiary/aromatic N) is 2. The van der Waals surface area contributed by atoms with Gasteiger partial charge in [0.2, 0.25) is 0 Å². The summed E-state index contributed by atoms with van der Waals surface area (Å²) in [6, 6.07) is 10.9. The van der Waals surface area contributed by atoms with Crippen molar-refractivity contribution in [2.75, 3.05) is 0 Å². The van der Waals surface area contributed by atoms with Gasteiger partial charge in [0.1, 0.15) is 0 Å². The largest absolute Gasteiger partial charge is 0.348 e. The number of amides is 1. The molecular formula is C16H13ClN4O. The van der Waals surface area contributed by atoms with Gasteiger partial charge in [0.05, 0.1) is 17.5 Å². The van der Waals surface area contributed by atoms with Crippen LogP contribution < -0.4 is 5.32 Å². The van der Waals surface area contributed by atoms with Crippen molar-refractivity contribution in [3.05, 3.63) is 71.1 Å². The molecule has 1 amide bonds. The Morgan fingerprint density at radius 2 is 1.86 bits per heavy atom. The molecule has 0 radical (unpaired) electrons. The highest BCUT2D eigenvalue weighted by Gasteiger charge is 2.14. The van der Waals surface area contributed by atoms with Crippen LogP contribution in [0.3, 0.4) is 0 Å². The number of carbonyl (C=O) groups excluding carboxylic acids is 1. The Balaban J connectivity index is 1.76. The van der Waals surface area contributed by atoms with E-state index in [1.54, 1.807) is 24.5 Å². The second-order valence-corrected chi connectivity index (χ2v) is 5.14. The van der Waals surface area contributed by atoms with Crippen LogP contribution in [0.2, 0.25) is 5.02 Å². The van der Waals surface area contributed by atoms with Gasteiger partial charge in [-0.15, -0.1) is 0 Å². The second kappa shape index (κ2) is 6.41. The molecule has 2 heterocycles. The fourth-order valence-corrected chi connectivity index (χ4v) is 2.20. The van der Waals surface area contributed by atoms with E-state index in [2.05, 4.69) is 20.5 Å². The summed E-state index contributed by atoms with van der Waals surface area (Å²) < 4.78 is 0. The third kappa shape index (κ3) is 3.15. The van der Waals surface area contributed by atoms with Gasteiger partial charge in [-0.3, -0.25) is 14.9 Å². The normalized spacial score (nSPS) is 10.4. The molecule has 2 N–H and O–H groups in total. The number of hydrogen-bond donors (Lipinski definition) is 2. The Kier molecular flexibility index (Phi) is 4.16. The summed E-state index contributed by atoms with van der Waals surface area (Å²) in [6.45, 7) is 0.437. The van der Waals surface area contributed by atoms with Crippen LogP contribution in [0.25, 0.3) is 11.3 Å². The summed E-state index contributed by atoms with van der Waals surface area (Å²) in [4.78, 5) is 16.3. The van der Waals surface area contributed by atoms with Crippen LogP contribution in [0.15, 0.2) is 55.0 Å². The van der Waals surface area contributed by atoms with Gasteiger partial charge >= 0.3 is 0 Å². The maximum atomic E-state index is 12.3. The number of pyridine rings is 1. The number of benzene rings is 1. The molecule has 0 unspecified atom stereocenters. The van der Waals surface area contributed by atoms with E-state index < -0.39 is 0 Å². The molecule has 0 bridgehead atoms. The molecule has 5 nitrogen and oxygen atoms in total. The number of halogens is 1. The van der Waals surface area contributed by atoms with E-state index in [4.69, 9.17) is 11.6 Å². The highest BCUT2D eigenvalue weighted by molar-refractivity contribution is 6.30. The highest BCUT2D eigenvalue weighted by Crippen LogP contribution is 2.22. The Bertz CT molecular complexity index is 768. The molecule has 0 aliphatic rings. The molecule has 0 saturated carbocycles. The van der Waals surface area contributed by atoms with Gasteiger partial charge in [-0.05, 0) is 29.8 Å². The van der Waals surface area contributed by atoms with Crippen LogP contribution in [-0.4, -0.2) is 21.1 Å². The van der Waals surface area contributed by atoms with Crippen molar-refractivity contribution < 1.29 is 4.79 Å². The summed E-state index contributed by atoms with van der Waals surface area (Å²) in [5.74, 6) is -0.185. The van der Waals surface area contributed by atoms with E-state index in [0.29, 0.717) is 22.8 Å². The first-order valence-corrected chi connectivity index (χ1v) is 7.08. The SMILES string of the molecule is O=C(NCc1ccncc1)c1cn[nH]c1-c1ccc(Cl)cc1. The Labute approximate surface area is 132 Å². The van der Waals surface area contributed by atoms with E-state index in [0.717, 1.165) is 11.1 Å². The summed E-state index contributed by atoms with van der Waals surface area (Å²) >= 11 is 5.88. The van der Waals surface area contributed by atoms with E-state index in [-0.39, 0.29) is 5.91 Å². The van der Waals surface area contributed by atoms with E-state index in [1.807, 2.05) is 24.3 Å². The molecule has 110 valence electrons. The zero-order valence-electron chi connectivity index (χ0n) is 11.6. The number of hydrogen-bond acceptors (Lipinski definition) is 3. The molecule has 0 aliphatic carbocycles. The second-order valence-electron chi connectivity index (χ2n) is 4.70. The first-order chi connectivity index (χ1) is 10.7. The Morgan fingerprint density at radius 3 is 2.59 bits per heavy atom. The number of nitrogens with one attached hydrogen (secondary N) is 2. The summed E-state index contributed by atoms with van der Waals surface area (Å²) in [5.41, 5.74) is 3.01. The fourth-order valence-electron chi connectivity index (χ4n) is 2.07. The maximum Gasteiger partial charge on any atom is 0.255 e. The molecular weight excluding hydrogens is 300 g/mol. The lowest BCUT2D eigenvalue weighted by molar-refractivity contribution is 0.0951. The van der Waals surface area contributed by atoms with Gasteiger partial charge < -0.3 is 5.32 Å². The minimum absolute atomic E-state index is 0.185. The minimum atomic E-state index is -0.185. The molecule has 0 spiro atoms. The molecule has 0 fully saturated rings. The number of rotatable bonds is 4. The molecule has 1 aromatic carbocycles. The zero-order chi connectivity index (χ0) is 15.4. The molecule has 3 aromatic rings. The molecule has 0 atom stereocenters. The lowest BCUT2D eigenvalue weighted by atomic mass is 10.1. The van der Waals surface area contributed by atoms with Gasteiger partial charge in [-0.2, -0.15) is 5.10 Å². The standard InChI is InChI=1S/C16H13ClN4O/c17-13-3-1-12(2-4-13)15-14(10-20-21-15)16(22)19-9-11-5-7-18-8-6-11/h1-8,10H,9H2,(H,19,22)(H,20,21). The molecule has 22 heavy (non-hydrogen) atoms. The fraction of sp³-hybridized carbons (Fsp3) is 0.0625. The van der Waals surface area contributed by atoms with Crippen molar-refractivity contribution in [3.63, 3.8) is 0 Å². The van der Waals surface area contributed by atoms with Crippen LogP contribution in [0.1, 0.15) is 15.9 Å². The van der Waals surface area contributed by atoms with Crippen LogP contribution in [-0.2, 0) is 6.54 Å². The predicted octanol–water partition coefficient (Wildman–Crippen LogP) is 3.06. The van der Waals surface area contributed by atoms with Gasteiger partial charge in [0, 0.05) is 29.5 Å². The predicted molar refractivity (Wildman–Crippen MR) is 84.4 cm³/mol. The highest BCUT2D eigenvalue weighted by atomic mass is 35.5. The lowest BCUT2D eigenvalue weighted by Crippen LogP contribution is -2.22. The minimum Gasteiger partial charge on any atom is -0.348 e. The van der Waals surface area contributed by atoms with Crippen LogP contribution in [0, 0.1) is 0 Å². The summed E-state index contributed by atoms with van der Waals surface area (Å²) in [5, 5.41) is 10.3. The van der Waals surface area contributed by atoms with Crippen molar-refractivity contribution in [1.29, 1.82) is 0 Å². The quantitative estimate of drug-likeness (QED) is 0.778. The summed E-state index contributed by atoms with van der Waals surface area (Å²) in [7, 11) is 0. The third-order valence-corrected chi connectivity index (χ3v) is 3.47. The first kappa shape index (κ1) is 14.3. The molecule has 6 heteroatoms. The average Bonchev–Trinajstić information content (AvgIpc) is 3.04. The molecule has 0 aliphatic heterocycles. The Morgan fingerprint density at radius 1 is 1.14 bits per heavy atom. The molecule has 3 rings (SSSR count). The van der Waals surface area contributed by atoms with Crippen molar-refractivity contribution in [2.24, 2.45) is 0 Å². The van der Waals surface area contributed by atoms with Crippen LogP contribution in [0.5, 0.6) is 0 Å². The van der Waals surface area contributed by atoms with Gasteiger partial charge in [0.25, 0.3) is 5.91 Å². The van der Waals surface area contributed by atoms with Crippen molar-refractivity contribution >= 4 is 17.5 Å². The molecule has 2 aromatic heterocycles. The molecule has 0 saturated heterocycles.